The summed E-state index contributed by atoms with van der Waals surface area (Å²) >= 11 is 7.44. The van der Waals surface area contributed by atoms with Crippen molar-refractivity contribution in [2.75, 3.05) is 20.3 Å². The number of fused-ring (bicyclic) bond motifs is 15. The first-order valence-corrected chi connectivity index (χ1v) is 37.9. The summed E-state index contributed by atoms with van der Waals surface area (Å²) in [6, 6.07) is 12.1. The number of ether oxygens (including phenoxy) is 13. The number of benzene rings is 6. The Morgan fingerprint density at radius 3 is 2.00 bits per heavy atom. The number of phenols is 1. The molecule has 12 heterocycles. The SMILES string of the molecule is COC1C(N)CC(O[C@@H]2c3ccc(c(Cl)c3)Oc3cc4cc(c3O[C@@H]3OC(CO)[C@@H](O)C(O)C3OC3O[C@@H](C)C(O)C(O)[C@@H]3O)Oc3ccc(cc3)[C@H]3OC(=O)N[C@H]3C(=O)N[C@@H](Cc3ccccc3)C(=O)N[C@@H]4C(=O)N[C@@H]3C(=O)N[C@@H]2C(=O)N[C@H](C(=O)O)c2cc(O)cc(O[C@@H]4OC(CO)[C@]5(O)OC4C5O)c2-c2cc3ccc2CO)O[C@H]1C. The number of hydrogen-bond donors (Lipinski definition) is 19. The van der Waals surface area contributed by atoms with Crippen molar-refractivity contribution >= 4 is 53.2 Å². The fourth-order valence-corrected chi connectivity index (χ4v) is 16.1. The second kappa shape index (κ2) is 33.6. The quantitative estimate of drug-likeness (QED) is 0.0560. The standard InChI is InChI=1S/C78H84ClN7O32/c1-28-56(91)58(93)60(95)74(108-28)116-65-59(94)57(92)47(26-88)112-75(65)115-64-45-20-35-21-46(64)110-43-16-13-33(19-40(43)79)63(114-49-24-41(80)61(106-3)29(2)107-49)54-72(101)84-53(73(102)103)39-22-36(90)23-44(111-76-66-67(96)78(105,118-66)48(27-89)113-76)50(39)38-18-32(9-10-34(38)25-87)51(69(98)85-54)83-70(99)52(35)82-68(97)42(17-30-7-5-4-6-8-30)81-71(100)55-62(117-77(104)86-55)31-11-14-37(109-45)15-12-31/h4-16,18-23,28-29,41-42,47-49,51-63,65-67,74-76,87-96,105H,17,24-27,80H2,1-3H3,(H,81,100)(H,82,97)(H,83,99)(H,84,101)(H,85,98)(H,86,104)(H,102,103)/t28-,29-,41?,42-,47?,48?,49?,51-,52-,53-,54-,55+,56?,57+,58?,59?,60-,61?,62+,63+,65?,66?,67?,74?,75-,76+,78-/m0/s1. The molecule has 6 aromatic rings. The predicted octanol–water partition coefficient (Wildman–Crippen LogP) is -1.44. The first-order chi connectivity index (χ1) is 56.4. The summed E-state index contributed by atoms with van der Waals surface area (Å²) in [5.41, 5.74) is 5.25. The van der Waals surface area contributed by atoms with E-state index in [0.717, 1.165) is 24.3 Å². The Balaban J connectivity index is 0.968. The molecule has 0 radical (unpaired) electrons. The Morgan fingerprint density at radius 2 is 1.31 bits per heavy atom. The van der Waals surface area contributed by atoms with Gasteiger partial charge in [0.25, 0.3) is 0 Å². The fraction of sp³-hybridized carbons (Fsp3) is 0.449. The molecule has 12 unspecified atom stereocenters. The van der Waals surface area contributed by atoms with Gasteiger partial charge in [0.1, 0.15) is 102 Å². The first-order valence-electron chi connectivity index (χ1n) is 37.5. The molecule has 18 rings (SSSR count). The van der Waals surface area contributed by atoms with Crippen LogP contribution in [0, 0.1) is 0 Å². The van der Waals surface area contributed by atoms with Crippen molar-refractivity contribution in [3.63, 3.8) is 0 Å². The maximum Gasteiger partial charge on any atom is 0.408 e. The van der Waals surface area contributed by atoms with Gasteiger partial charge in [-0.3, -0.25) is 24.0 Å². The van der Waals surface area contributed by atoms with Crippen LogP contribution in [0.5, 0.6) is 40.2 Å². The number of hydrogen-bond acceptors (Lipinski definition) is 32. The van der Waals surface area contributed by atoms with E-state index in [9.17, 15) is 75.7 Å². The van der Waals surface area contributed by atoms with Gasteiger partial charge in [-0.2, -0.15) is 0 Å². The van der Waals surface area contributed by atoms with Crippen LogP contribution >= 0.6 is 11.6 Å². The Bertz CT molecular complexity index is 4820. The molecule has 0 spiro atoms. The lowest BCUT2D eigenvalue weighted by atomic mass is 9.87. The lowest BCUT2D eigenvalue weighted by Gasteiger charge is -2.57. The van der Waals surface area contributed by atoms with Gasteiger partial charge in [-0.05, 0) is 101 Å². The Hall–Kier alpha value is -10.1. The first kappa shape index (κ1) is 83.0. The zero-order valence-electron chi connectivity index (χ0n) is 62.5. The molecule has 630 valence electrons. The molecule has 27 atom stereocenters. The van der Waals surface area contributed by atoms with E-state index in [1.165, 1.54) is 74.7 Å². The minimum Gasteiger partial charge on any atom is -0.508 e. The van der Waals surface area contributed by atoms with Crippen LogP contribution in [0.15, 0.2) is 115 Å². The summed E-state index contributed by atoms with van der Waals surface area (Å²) in [6.07, 6.45) is -33.8. The number of phenolic OH excluding ortho intramolecular Hbond substituents is 1. The number of aliphatic hydroxyl groups excluding tert-OH is 9. The van der Waals surface area contributed by atoms with Crippen LogP contribution in [0.4, 0.5) is 4.79 Å². The highest BCUT2D eigenvalue weighted by molar-refractivity contribution is 6.32. The number of carboxylic acid groups (broad SMARTS) is 1. The smallest absolute Gasteiger partial charge is 0.408 e. The number of rotatable bonds is 15. The number of halogens is 1. The van der Waals surface area contributed by atoms with Crippen molar-refractivity contribution in [3.05, 3.63) is 159 Å². The van der Waals surface area contributed by atoms with E-state index in [4.69, 9.17) is 78.9 Å². The van der Waals surface area contributed by atoms with Crippen LogP contribution in [0.25, 0.3) is 11.1 Å². The number of carbonyl (C=O) groups excluding carboxylic acids is 6. The molecule has 7 fully saturated rings. The molecule has 39 nitrogen and oxygen atoms in total. The van der Waals surface area contributed by atoms with E-state index in [1.807, 2.05) is 0 Å². The molecular weight excluding hydrogens is 1580 g/mol. The normalized spacial score (nSPS) is 35.1. The highest BCUT2D eigenvalue weighted by Gasteiger charge is 2.68. The number of methoxy groups -OCH3 is 1. The Morgan fingerprint density at radius 1 is 0.619 bits per heavy atom. The van der Waals surface area contributed by atoms with Gasteiger partial charge in [-0.15, -0.1) is 0 Å². The van der Waals surface area contributed by atoms with Crippen molar-refractivity contribution in [2.24, 2.45) is 5.73 Å². The van der Waals surface area contributed by atoms with E-state index in [2.05, 4.69) is 31.9 Å². The summed E-state index contributed by atoms with van der Waals surface area (Å²) in [7, 11) is 1.39. The average Bonchev–Trinajstić information content (AvgIpc) is 0.774. The summed E-state index contributed by atoms with van der Waals surface area (Å²) in [4.78, 5) is 108. The second-order valence-corrected chi connectivity index (χ2v) is 30.2. The maximum absolute atomic E-state index is 16.7. The number of alkyl carbamates (subject to hydrolysis) is 1. The zero-order valence-corrected chi connectivity index (χ0v) is 63.3. The number of nitrogens with one attached hydrogen (secondary N) is 6. The molecule has 0 aliphatic carbocycles. The fourth-order valence-electron chi connectivity index (χ4n) is 15.9. The van der Waals surface area contributed by atoms with E-state index in [-0.39, 0.29) is 57.7 Å². The van der Waals surface area contributed by atoms with Gasteiger partial charge >= 0.3 is 12.1 Å². The average molecular weight is 1670 g/mol. The van der Waals surface area contributed by atoms with Crippen molar-refractivity contribution < 1.29 is 156 Å². The summed E-state index contributed by atoms with van der Waals surface area (Å²) in [6.45, 7) is 0.0468. The second-order valence-electron chi connectivity index (χ2n) is 29.7. The molecule has 12 aliphatic rings. The summed E-state index contributed by atoms with van der Waals surface area (Å²) in [5, 5.41) is 150. The van der Waals surface area contributed by atoms with Crippen LogP contribution in [-0.2, 0) is 84.4 Å². The Kier molecular flexibility index (Phi) is 23.7. The van der Waals surface area contributed by atoms with E-state index in [0.29, 0.717) is 5.56 Å². The summed E-state index contributed by atoms with van der Waals surface area (Å²) < 4.78 is 80.9. The van der Waals surface area contributed by atoms with Gasteiger partial charge in [-0.1, -0.05) is 72.3 Å². The van der Waals surface area contributed by atoms with Crippen LogP contribution in [0.2, 0.25) is 5.02 Å². The number of aromatic hydroxyl groups is 1. The van der Waals surface area contributed by atoms with Gasteiger partial charge in [0.15, 0.2) is 54.5 Å². The molecule has 0 saturated carbocycles. The maximum atomic E-state index is 16.7. The predicted molar refractivity (Wildman–Crippen MR) is 394 cm³/mol. The third kappa shape index (κ3) is 15.9. The van der Waals surface area contributed by atoms with Crippen LogP contribution in [0.3, 0.4) is 0 Å². The molecule has 20 N–H and O–H groups in total. The van der Waals surface area contributed by atoms with Gasteiger partial charge in [-0.25, -0.2) is 9.59 Å². The Labute approximate surface area is 673 Å². The molecule has 13 bridgehead atoms. The highest BCUT2D eigenvalue weighted by atomic mass is 35.5. The van der Waals surface area contributed by atoms with Crippen LogP contribution < -0.4 is 56.6 Å². The number of carboxylic acids is 1. The minimum absolute atomic E-state index is 0.104. The van der Waals surface area contributed by atoms with Crippen LogP contribution in [-0.4, -0.2) is 258 Å². The van der Waals surface area contributed by atoms with Gasteiger partial charge in [0.05, 0.1) is 43.2 Å². The molecule has 7 saturated heterocycles. The summed E-state index contributed by atoms with van der Waals surface area (Å²) in [5.74, 6) is -14.0. The topological polar surface area (TPSA) is 580 Å². The largest absolute Gasteiger partial charge is 0.508 e. The molecule has 6 amide bonds. The molecule has 118 heavy (non-hydrogen) atoms. The van der Waals surface area contributed by atoms with Crippen molar-refractivity contribution in [1.29, 1.82) is 0 Å². The number of aliphatic hydroxyl groups is 10. The molecule has 0 aromatic heterocycles. The third-order valence-corrected chi connectivity index (χ3v) is 22.4. The van der Waals surface area contributed by atoms with Crippen molar-refractivity contribution in [1.82, 2.24) is 31.9 Å². The third-order valence-electron chi connectivity index (χ3n) is 22.1. The lowest BCUT2D eigenvalue weighted by molar-refractivity contribution is -0.491. The van der Waals surface area contributed by atoms with Crippen LogP contribution in [0.1, 0.15) is 89.5 Å². The number of nitrogens with two attached hydrogens (primary N) is 1. The number of carbonyl (C=O) groups is 7. The molecule has 6 aromatic carbocycles. The number of amides is 6. The van der Waals surface area contributed by atoms with E-state index >= 15 is 19.2 Å². The van der Waals surface area contributed by atoms with E-state index in [1.54, 1.807) is 37.3 Å². The minimum atomic E-state index is -2.43. The van der Waals surface area contributed by atoms with E-state index < -0.39 is 271 Å². The molecule has 12 aliphatic heterocycles. The zero-order chi connectivity index (χ0) is 83.8. The lowest BCUT2D eigenvalue weighted by Crippen LogP contribution is -2.79. The molecular formula is C78H84ClN7O32. The molecule has 40 heteroatoms. The van der Waals surface area contributed by atoms with Gasteiger partial charge in [0, 0.05) is 43.2 Å². The number of aliphatic carboxylic acids is 1. The van der Waals surface area contributed by atoms with Crippen molar-refractivity contribution in [3.8, 4) is 51.4 Å². The highest BCUT2D eigenvalue weighted by Crippen LogP contribution is 2.51. The van der Waals surface area contributed by atoms with Crippen molar-refractivity contribution in [2.45, 2.75) is 198 Å². The van der Waals surface area contributed by atoms with Gasteiger partial charge < -0.3 is 160 Å². The van der Waals surface area contributed by atoms with Gasteiger partial charge in [0.2, 0.25) is 53.7 Å². The monoisotopic (exact) mass is 1670 g/mol.